The molecule has 1 unspecified atom stereocenters. The van der Waals surface area contributed by atoms with Crippen molar-refractivity contribution in [2.45, 2.75) is 25.2 Å². The van der Waals surface area contributed by atoms with Crippen LogP contribution in [-0.2, 0) is 10.0 Å². The van der Waals surface area contributed by atoms with E-state index in [-0.39, 0.29) is 16.3 Å². The van der Waals surface area contributed by atoms with E-state index in [0.717, 1.165) is 12.5 Å². The van der Waals surface area contributed by atoms with Gasteiger partial charge in [0, 0.05) is 19.2 Å². The Morgan fingerprint density at radius 1 is 1.43 bits per heavy atom. The minimum atomic E-state index is -3.70. The van der Waals surface area contributed by atoms with Crippen molar-refractivity contribution in [1.29, 1.82) is 0 Å². The van der Waals surface area contributed by atoms with Crippen LogP contribution in [0.3, 0.4) is 0 Å². The number of sulfonamides is 1. The largest absolute Gasteiger partial charge is 0.393 e. The Hall–Kier alpha value is -1.67. The summed E-state index contributed by atoms with van der Waals surface area (Å²) in [5.41, 5.74) is 5.08. The zero-order chi connectivity index (χ0) is 15.8. The molecular weight excluding hydrogens is 294 g/mol. The Kier molecular flexibility index (Phi) is 4.20. The number of hydrogen-bond acceptors (Lipinski definition) is 5. The van der Waals surface area contributed by atoms with Gasteiger partial charge in [0.25, 0.3) is 5.69 Å². The molecule has 21 heavy (non-hydrogen) atoms. The third-order valence-electron chi connectivity index (χ3n) is 3.97. The fourth-order valence-electron chi connectivity index (χ4n) is 2.51. The first-order chi connectivity index (χ1) is 9.73. The van der Waals surface area contributed by atoms with Crippen LogP contribution >= 0.6 is 0 Å². The normalized spacial score (nSPS) is 20.0. The van der Waals surface area contributed by atoms with Crippen LogP contribution in [0.4, 0.5) is 11.4 Å². The molecule has 1 fully saturated rings. The van der Waals surface area contributed by atoms with Crippen molar-refractivity contribution in [3.63, 3.8) is 0 Å². The van der Waals surface area contributed by atoms with Crippen molar-refractivity contribution in [2.75, 3.05) is 18.8 Å². The van der Waals surface area contributed by atoms with Gasteiger partial charge >= 0.3 is 0 Å². The molecule has 1 aromatic carbocycles. The van der Waals surface area contributed by atoms with Gasteiger partial charge in [0.1, 0.15) is 5.69 Å². The Balaban J connectivity index is 2.33. The van der Waals surface area contributed by atoms with E-state index in [4.69, 9.17) is 5.73 Å². The summed E-state index contributed by atoms with van der Waals surface area (Å²) in [6.07, 6.45) is 0.813. The van der Waals surface area contributed by atoms with Crippen molar-refractivity contribution in [3.8, 4) is 0 Å². The lowest BCUT2D eigenvalue weighted by Gasteiger charge is -2.18. The van der Waals surface area contributed by atoms with E-state index >= 15 is 0 Å². The molecule has 0 radical (unpaired) electrons. The van der Waals surface area contributed by atoms with Crippen LogP contribution in [0, 0.1) is 22.0 Å². The summed E-state index contributed by atoms with van der Waals surface area (Å²) in [7, 11) is -3.70. The van der Waals surface area contributed by atoms with Crippen molar-refractivity contribution in [1.82, 2.24) is 4.31 Å². The van der Waals surface area contributed by atoms with Crippen LogP contribution < -0.4 is 5.73 Å². The Labute approximate surface area is 123 Å². The van der Waals surface area contributed by atoms with E-state index in [1.54, 1.807) is 0 Å². The second-order valence-corrected chi connectivity index (χ2v) is 7.57. The summed E-state index contributed by atoms with van der Waals surface area (Å²) in [5, 5.41) is 10.9. The van der Waals surface area contributed by atoms with Gasteiger partial charge in [-0.25, -0.2) is 8.42 Å². The molecule has 1 aliphatic heterocycles. The lowest BCUT2D eigenvalue weighted by atomic mass is 9.96. The number of rotatable bonds is 4. The van der Waals surface area contributed by atoms with Gasteiger partial charge in [0.15, 0.2) is 0 Å². The van der Waals surface area contributed by atoms with Crippen molar-refractivity contribution >= 4 is 21.4 Å². The van der Waals surface area contributed by atoms with Crippen LogP contribution in [0.2, 0.25) is 0 Å². The summed E-state index contributed by atoms with van der Waals surface area (Å²) in [5.74, 6) is 0.731. The summed E-state index contributed by atoms with van der Waals surface area (Å²) in [4.78, 5) is 10.1. The molecule has 0 spiro atoms. The fourth-order valence-corrected chi connectivity index (χ4v) is 4.04. The average Bonchev–Trinajstić information content (AvgIpc) is 2.89. The van der Waals surface area contributed by atoms with Crippen LogP contribution in [0.5, 0.6) is 0 Å². The Bertz CT molecular complexity index is 657. The first-order valence-corrected chi connectivity index (χ1v) is 8.21. The summed E-state index contributed by atoms with van der Waals surface area (Å²) in [6.45, 7) is 5.03. The topological polar surface area (TPSA) is 107 Å². The molecule has 0 aliphatic carbocycles. The molecule has 8 heteroatoms. The van der Waals surface area contributed by atoms with Crippen molar-refractivity contribution < 1.29 is 13.3 Å². The van der Waals surface area contributed by atoms with E-state index in [9.17, 15) is 18.5 Å². The van der Waals surface area contributed by atoms with Gasteiger partial charge in [-0.1, -0.05) is 13.8 Å². The second kappa shape index (κ2) is 5.61. The number of hydrogen-bond donors (Lipinski definition) is 1. The third-order valence-corrected chi connectivity index (χ3v) is 5.83. The molecule has 1 heterocycles. The first-order valence-electron chi connectivity index (χ1n) is 6.77. The van der Waals surface area contributed by atoms with Gasteiger partial charge in [-0.15, -0.1) is 0 Å². The maximum Gasteiger partial charge on any atom is 0.293 e. The molecule has 1 saturated heterocycles. The predicted octanol–water partition coefficient (Wildman–Crippen LogP) is 1.84. The van der Waals surface area contributed by atoms with E-state index in [0.29, 0.717) is 24.9 Å². The summed E-state index contributed by atoms with van der Waals surface area (Å²) < 4.78 is 26.5. The molecule has 1 aliphatic rings. The van der Waals surface area contributed by atoms with Crippen LogP contribution in [-0.4, -0.2) is 30.7 Å². The van der Waals surface area contributed by atoms with Gasteiger partial charge in [-0.05, 0) is 30.4 Å². The lowest BCUT2D eigenvalue weighted by molar-refractivity contribution is -0.384. The smallest absolute Gasteiger partial charge is 0.293 e. The molecule has 2 rings (SSSR count). The highest BCUT2D eigenvalue weighted by atomic mass is 32.2. The quantitative estimate of drug-likeness (QED) is 0.518. The van der Waals surface area contributed by atoms with Gasteiger partial charge in [-0.3, -0.25) is 10.1 Å². The highest BCUT2D eigenvalue weighted by Gasteiger charge is 2.34. The number of nitrogen functional groups attached to an aromatic ring is 1. The zero-order valence-corrected chi connectivity index (χ0v) is 12.8. The maximum atomic E-state index is 12.6. The van der Waals surface area contributed by atoms with Gasteiger partial charge in [0.2, 0.25) is 10.0 Å². The second-order valence-electron chi connectivity index (χ2n) is 5.63. The van der Waals surface area contributed by atoms with Gasteiger partial charge in [-0.2, -0.15) is 4.31 Å². The van der Waals surface area contributed by atoms with Crippen LogP contribution in [0.1, 0.15) is 20.3 Å². The monoisotopic (exact) mass is 313 g/mol. The first kappa shape index (κ1) is 15.7. The molecule has 116 valence electrons. The predicted molar refractivity (Wildman–Crippen MR) is 79.2 cm³/mol. The number of nitro benzene ring substituents is 1. The molecular formula is C13H19N3O4S. The van der Waals surface area contributed by atoms with Crippen molar-refractivity contribution in [3.05, 3.63) is 28.3 Å². The van der Waals surface area contributed by atoms with E-state index < -0.39 is 14.9 Å². The standard InChI is InChI=1S/C13H19N3O4S/c1-9(2)10-5-6-15(8-10)21(19,20)11-3-4-12(14)13(7-11)16(17)18/h3-4,7,9-10H,5-6,8,14H2,1-2H3. The number of anilines is 1. The number of nitrogens with zero attached hydrogens (tertiary/aromatic N) is 2. The van der Waals surface area contributed by atoms with Gasteiger partial charge in [0.05, 0.1) is 9.82 Å². The molecule has 0 saturated carbocycles. The fraction of sp³-hybridized carbons (Fsp3) is 0.538. The van der Waals surface area contributed by atoms with Crippen LogP contribution in [0.15, 0.2) is 23.1 Å². The van der Waals surface area contributed by atoms with Gasteiger partial charge < -0.3 is 5.73 Å². The molecule has 7 nitrogen and oxygen atoms in total. The minimum absolute atomic E-state index is 0.0413. The molecule has 1 atom stereocenters. The zero-order valence-electron chi connectivity index (χ0n) is 12.0. The maximum absolute atomic E-state index is 12.6. The molecule has 2 N–H and O–H groups in total. The SMILES string of the molecule is CC(C)C1CCN(S(=O)(=O)c2ccc(N)c([N+](=O)[O-])c2)C1. The Morgan fingerprint density at radius 2 is 2.10 bits per heavy atom. The number of nitrogens with two attached hydrogens (primary N) is 1. The average molecular weight is 313 g/mol. The molecule has 0 aromatic heterocycles. The van der Waals surface area contributed by atoms with E-state index in [2.05, 4.69) is 13.8 Å². The highest BCUT2D eigenvalue weighted by molar-refractivity contribution is 7.89. The summed E-state index contributed by atoms with van der Waals surface area (Å²) >= 11 is 0. The Morgan fingerprint density at radius 3 is 2.62 bits per heavy atom. The number of nitro groups is 1. The van der Waals surface area contributed by atoms with E-state index in [1.165, 1.54) is 16.4 Å². The minimum Gasteiger partial charge on any atom is -0.393 e. The van der Waals surface area contributed by atoms with Crippen LogP contribution in [0.25, 0.3) is 0 Å². The molecule has 0 bridgehead atoms. The third kappa shape index (κ3) is 3.01. The summed E-state index contributed by atoms with van der Waals surface area (Å²) in [6, 6.07) is 3.62. The molecule has 1 aromatic rings. The highest BCUT2D eigenvalue weighted by Crippen LogP contribution is 2.31. The lowest BCUT2D eigenvalue weighted by Crippen LogP contribution is -2.29. The van der Waals surface area contributed by atoms with Crippen molar-refractivity contribution in [2.24, 2.45) is 11.8 Å². The number of benzene rings is 1. The molecule has 0 amide bonds. The van der Waals surface area contributed by atoms with E-state index in [1.807, 2.05) is 0 Å².